The van der Waals surface area contributed by atoms with Gasteiger partial charge in [0.05, 0.1) is 11.2 Å². The molecular formula is C16H25BN2O5. The molecule has 0 bridgehead atoms. The molecule has 7 nitrogen and oxygen atoms in total. The summed E-state index contributed by atoms with van der Waals surface area (Å²) in [4.78, 5) is 15.8. The summed E-state index contributed by atoms with van der Waals surface area (Å²) in [6.45, 7) is 13.0. The third kappa shape index (κ3) is 3.99. The number of pyridine rings is 1. The van der Waals surface area contributed by atoms with E-state index in [4.69, 9.17) is 14.0 Å². The zero-order valence-electron chi connectivity index (χ0n) is 15.3. The van der Waals surface area contributed by atoms with Crippen molar-refractivity contribution < 1.29 is 23.9 Å². The summed E-state index contributed by atoms with van der Waals surface area (Å²) in [5.41, 5.74) is -1.04. The van der Waals surface area contributed by atoms with Crippen LogP contribution in [0.2, 0.25) is 0 Å². The highest BCUT2D eigenvalue weighted by Crippen LogP contribution is 2.36. The van der Waals surface area contributed by atoms with Crippen LogP contribution in [0, 0.1) is 0 Å². The van der Waals surface area contributed by atoms with Crippen molar-refractivity contribution in [1.29, 1.82) is 0 Å². The number of nitrogens with one attached hydrogen (secondary N) is 1. The van der Waals surface area contributed by atoms with E-state index in [0.717, 1.165) is 0 Å². The van der Waals surface area contributed by atoms with Crippen molar-refractivity contribution in [1.82, 2.24) is 4.98 Å². The number of nitrogens with zero attached hydrogens (tertiary/aromatic N) is 1. The van der Waals surface area contributed by atoms with E-state index in [1.165, 1.54) is 12.3 Å². The molecule has 0 aromatic carbocycles. The Balaban J connectivity index is 2.12. The summed E-state index contributed by atoms with van der Waals surface area (Å²) >= 11 is 0. The quantitative estimate of drug-likeness (QED) is 0.806. The lowest BCUT2D eigenvalue weighted by molar-refractivity contribution is 0.00578. The van der Waals surface area contributed by atoms with Gasteiger partial charge < -0.3 is 19.2 Å². The molecule has 0 atom stereocenters. The topological polar surface area (TPSA) is 89.9 Å². The van der Waals surface area contributed by atoms with Crippen LogP contribution in [0.15, 0.2) is 12.3 Å². The molecule has 1 fully saturated rings. The van der Waals surface area contributed by atoms with Crippen molar-refractivity contribution in [3.8, 4) is 5.75 Å². The second-order valence-corrected chi connectivity index (χ2v) is 7.85. The van der Waals surface area contributed by atoms with Crippen LogP contribution < -0.4 is 10.8 Å². The van der Waals surface area contributed by atoms with Gasteiger partial charge in [0.2, 0.25) is 0 Å². The molecule has 1 aliphatic rings. The van der Waals surface area contributed by atoms with Gasteiger partial charge in [-0.1, -0.05) is 0 Å². The van der Waals surface area contributed by atoms with Crippen molar-refractivity contribution in [2.75, 3.05) is 5.32 Å². The van der Waals surface area contributed by atoms with Crippen LogP contribution in [0.4, 0.5) is 10.6 Å². The molecule has 1 aliphatic heterocycles. The lowest BCUT2D eigenvalue weighted by Crippen LogP contribution is -2.41. The Morgan fingerprint density at radius 1 is 1.25 bits per heavy atom. The van der Waals surface area contributed by atoms with E-state index in [1.807, 2.05) is 27.7 Å². The number of rotatable bonds is 2. The molecule has 0 radical (unpaired) electrons. The molecule has 132 valence electrons. The first kappa shape index (κ1) is 18.5. The second-order valence-electron chi connectivity index (χ2n) is 7.85. The molecule has 1 aromatic rings. The molecule has 2 rings (SSSR count). The molecule has 1 aromatic heterocycles. The predicted molar refractivity (Wildman–Crippen MR) is 91.5 cm³/mol. The highest BCUT2D eigenvalue weighted by Gasteiger charge is 2.51. The molecule has 0 spiro atoms. The molecular weight excluding hydrogens is 311 g/mol. The summed E-state index contributed by atoms with van der Waals surface area (Å²) in [6, 6.07) is 1.46. The lowest BCUT2D eigenvalue weighted by atomic mass is 9.80. The highest BCUT2D eigenvalue weighted by molar-refractivity contribution is 6.62. The van der Waals surface area contributed by atoms with E-state index >= 15 is 0 Å². The van der Waals surface area contributed by atoms with Crippen molar-refractivity contribution in [3.63, 3.8) is 0 Å². The molecule has 2 N–H and O–H groups in total. The van der Waals surface area contributed by atoms with Crippen LogP contribution in [0.25, 0.3) is 0 Å². The van der Waals surface area contributed by atoms with Crippen molar-refractivity contribution in [2.45, 2.75) is 65.3 Å². The number of hydrogen-bond donors (Lipinski definition) is 2. The van der Waals surface area contributed by atoms with Crippen LogP contribution >= 0.6 is 0 Å². The van der Waals surface area contributed by atoms with Crippen LogP contribution in [0.3, 0.4) is 0 Å². The minimum atomic E-state index is -0.686. The van der Waals surface area contributed by atoms with Gasteiger partial charge in [-0.15, -0.1) is 0 Å². The van der Waals surface area contributed by atoms with Gasteiger partial charge in [0.1, 0.15) is 5.60 Å². The Bertz CT molecular complexity index is 624. The van der Waals surface area contributed by atoms with Crippen molar-refractivity contribution in [2.24, 2.45) is 0 Å². The van der Waals surface area contributed by atoms with Crippen molar-refractivity contribution >= 4 is 24.5 Å². The molecule has 1 saturated heterocycles. The zero-order chi connectivity index (χ0) is 18.3. The summed E-state index contributed by atoms with van der Waals surface area (Å²) in [6.07, 6.45) is 0.808. The molecule has 0 unspecified atom stereocenters. The average Bonchev–Trinajstić information content (AvgIpc) is 2.58. The molecule has 1 amide bonds. The Kier molecular flexibility index (Phi) is 4.58. The molecule has 0 saturated carbocycles. The van der Waals surface area contributed by atoms with Gasteiger partial charge in [-0.3, -0.25) is 5.32 Å². The fourth-order valence-corrected chi connectivity index (χ4v) is 2.07. The van der Waals surface area contributed by atoms with Crippen LogP contribution in [-0.2, 0) is 14.0 Å². The third-order valence-electron chi connectivity index (χ3n) is 4.03. The fraction of sp³-hybridized carbons (Fsp3) is 0.625. The number of aromatic nitrogens is 1. The standard InChI is InChI=1S/C16H25BN2O5/c1-14(2,3)22-13(21)19-12-11(20)8-10(9-18-12)17-23-15(4,5)16(6,7)24-17/h8-9,20H,1-7H3,(H,18,19,21). The first-order valence-corrected chi connectivity index (χ1v) is 7.85. The molecule has 24 heavy (non-hydrogen) atoms. The smallest absolute Gasteiger partial charge is 0.496 e. The van der Waals surface area contributed by atoms with E-state index in [1.54, 1.807) is 20.8 Å². The maximum Gasteiger partial charge on any atom is 0.496 e. The molecule has 2 heterocycles. The number of hydrogen-bond acceptors (Lipinski definition) is 6. The lowest BCUT2D eigenvalue weighted by Gasteiger charge is -2.32. The Morgan fingerprint density at radius 3 is 2.25 bits per heavy atom. The third-order valence-corrected chi connectivity index (χ3v) is 4.03. The van der Waals surface area contributed by atoms with Gasteiger partial charge in [-0.2, -0.15) is 0 Å². The Labute approximate surface area is 142 Å². The van der Waals surface area contributed by atoms with Crippen LogP contribution in [-0.4, -0.2) is 40.1 Å². The number of anilines is 1. The van der Waals surface area contributed by atoms with Gasteiger partial charge in [-0.25, -0.2) is 9.78 Å². The normalized spacial score (nSPS) is 19.2. The number of carbonyl (C=O) groups is 1. The largest absolute Gasteiger partial charge is 0.504 e. The number of ether oxygens (including phenoxy) is 1. The van der Waals surface area contributed by atoms with E-state index in [0.29, 0.717) is 5.46 Å². The SMILES string of the molecule is CC(C)(C)OC(=O)Nc1ncc(B2OC(C)(C)C(C)(C)O2)cc1O. The van der Waals surface area contributed by atoms with Gasteiger partial charge in [0.15, 0.2) is 11.6 Å². The number of amides is 1. The van der Waals surface area contributed by atoms with Crippen LogP contribution in [0.5, 0.6) is 5.75 Å². The van der Waals surface area contributed by atoms with Gasteiger partial charge in [0.25, 0.3) is 0 Å². The second kappa shape index (κ2) is 5.93. The van der Waals surface area contributed by atoms with E-state index in [2.05, 4.69) is 10.3 Å². The summed E-state index contributed by atoms with van der Waals surface area (Å²) in [5.74, 6) is -0.169. The average molecular weight is 336 g/mol. The highest BCUT2D eigenvalue weighted by atomic mass is 16.7. The van der Waals surface area contributed by atoms with Crippen molar-refractivity contribution in [3.05, 3.63) is 12.3 Å². The van der Waals surface area contributed by atoms with E-state index in [9.17, 15) is 9.90 Å². The maximum atomic E-state index is 11.8. The zero-order valence-corrected chi connectivity index (χ0v) is 15.3. The minimum absolute atomic E-state index is 0.0181. The van der Waals surface area contributed by atoms with Crippen LogP contribution in [0.1, 0.15) is 48.5 Å². The first-order valence-electron chi connectivity index (χ1n) is 7.85. The van der Waals surface area contributed by atoms with Gasteiger partial charge >= 0.3 is 13.2 Å². The maximum absolute atomic E-state index is 11.8. The first-order chi connectivity index (χ1) is 10.8. The number of aromatic hydroxyl groups is 1. The fourth-order valence-electron chi connectivity index (χ4n) is 2.07. The summed E-state index contributed by atoms with van der Waals surface area (Å²) in [5, 5.41) is 12.5. The number of carbonyl (C=O) groups excluding carboxylic acids is 1. The minimum Gasteiger partial charge on any atom is -0.504 e. The van der Waals surface area contributed by atoms with E-state index in [-0.39, 0.29) is 11.6 Å². The Morgan fingerprint density at radius 2 is 1.79 bits per heavy atom. The Hall–Kier alpha value is -1.80. The monoisotopic (exact) mass is 336 g/mol. The molecule has 0 aliphatic carbocycles. The predicted octanol–water partition coefficient (Wildman–Crippen LogP) is 2.43. The van der Waals surface area contributed by atoms with E-state index < -0.39 is 30.0 Å². The van der Waals surface area contributed by atoms with Gasteiger partial charge in [0, 0.05) is 11.7 Å². The summed E-state index contributed by atoms with van der Waals surface area (Å²) in [7, 11) is -0.635. The molecule has 8 heteroatoms. The summed E-state index contributed by atoms with van der Waals surface area (Å²) < 4.78 is 16.9. The van der Waals surface area contributed by atoms with Gasteiger partial charge in [-0.05, 0) is 54.5 Å².